The van der Waals surface area contributed by atoms with Gasteiger partial charge in [-0.05, 0) is 53.2 Å². The summed E-state index contributed by atoms with van der Waals surface area (Å²) < 4.78 is 56.5. The lowest BCUT2D eigenvalue weighted by atomic mass is 10.0. The lowest BCUT2D eigenvalue weighted by molar-refractivity contribution is 0.439. The molecular formula is C20H14F2N4O3S. The molecule has 0 atom stereocenters. The van der Waals surface area contributed by atoms with Gasteiger partial charge in [0.15, 0.2) is 21.4 Å². The van der Waals surface area contributed by atoms with Crippen LogP contribution in [0, 0.1) is 11.6 Å². The number of nitrogens with zero attached hydrogens (tertiary/aromatic N) is 3. The van der Waals surface area contributed by atoms with Crippen LogP contribution in [0.2, 0.25) is 0 Å². The van der Waals surface area contributed by atoms with Gasteiger partial charge < -0.3 is 4.74 Å². The van der Waals surface area contributed by atoms with Crippen molar-refractivity contribution in [1.29, 1.82) is 0 Å². The Bertz CT molecular complexity index is 1310. The van der Waals surface area contributed by atoms with Crippen LogP contribution in [0.5, 0.6) is 11.5 Å². The van der Waals surface area contributed by atoms with E-state index in [1.807, 2.05) is 0 Å². The van der Waals surface area contributed by atoms with Crippen molar-refractivity contribution >= 4 is 9.84 Å². The van der Waals surface area contributed by atoms with E-state index >= 15 is 0 Å². The molecule has 1 aromatic heterocycles. The molecule has 1 heterocycles. The Morgan fingerprint density at radius 3 is 2.23 bits per heavy atom. The number of aromatic amines is 1. The van der Waals surface area contributed by atoms with E-state index in [0.29, 0.717) is 22.5 Å². The number of tetrazole rings is 1. The molecule has 152 valence electrons. The maximum atomic E-state index is 14.1. The van der Waals surface area contributed by atoms with Crippen LogP contribution in [-0.2, 0) is 9.84 Å². The molecule has 0 amide bonds. The highest BCUT2D eigenvalue weighted by molar-refractivity contribution is 7.90. The molecule has 0 saturated heterocycles. The van der Waals surface area contributed by atoms with E-state index < -0.39 is 21.5 Å². The quantitative estimate of drug-likeness (QED) is 0.516. The van der Waals surface area contributed by atoms with Crippen LogP contribution >= 0.6 is 0 Å². The molecular weight excluding hydrogens is 414 g/mol. The molecule has 3 aromatic carbocycles. The van der Waals surface area contributed by atoms with Crippen molar-refractivity contribution in [3.05, 3.63) is 72.3 Å². The van der Waals surface area contributed by atoms with E-state index in [2.05, 4.69) is 20.6 Å². The average Bonchev–Trinajstić information content (AvgIpc) is 3.25. The lowest BCUT2D eigenvalue weighted by Gasteiger charge is -2.13. The molecule has 0 fully saturated rings. The Morgan fingerprint density at radius 1 is 0.900 bits per heavy atom. The second-order valence-corrected chi connectivity index (χ2v) is 8.44. The highest BCUT2D eigenvalue weighted by Crippen LogP contribution is 2.37. The molecule has 0 bridgehead atoms. The number of halogens is 2. The van der Waals surface area contributed by atoms with Gasteiger partial charge in [0.05, 0.1) is 4.90 Å². The fraction of sp³-hybridized carbons (Fsp3) is 0.0500. The van der Waals surface area contributed by atoms with Crippen LogP contribution in [0.3, 0.4) is 0 Å². The first-order valence-corrected chi connectivity index (χ1v) is 10.5. The SMILES string of the molecule is CS(=O)(=O)c1ccc(-c2cc(-c3nn[nH]n3)ccc2Oc2ccc(F)cc2F)cc1. The van der Waals surface area contributed by atoms with Gasteiger partial charge in [0.1, 0.15) is 11.6 Å². The van der Waals surface area contributed by atoms with Crippen LogP contribution in [0.15, 0.2) is 65.6 Å². The first-order valence-electron chi connectivity index (χ1n) is 8.62. The molecule has 0 saturated carbocycles. The number of H-pyrrole nitrogens is 1. The Kier molecular flexibility index (Phi) is 5.00. The fourth-order valence-electron chi connectivity index (χ4n) is 2.83. The molecule has 1 N–H and O–H groups in total. The lowest BCUT2D eigenvalue weighted by Crippen LogP contribution is -1.97. The van der Waals surface area contributed by atoms with Crippen molar-refractivity contribution in [3.8, 4) is 34.0 Å². The van der Waals surface area contributed by atoms with Crippen LogP contribution in [0.25, 0.3) is 22.5 Å². The van der Waals surface area contributed by atoms with Gasteiger partial charge in [0, 0.05) is 23.4 Å². The van der Waals surface area contributed by atoms with Crippen molar-refractivity contribution < 1.29 is 21.9 Å². The van der Waals surface area contributed by atoms with Crippen molar-refractivity contribution in [2.24, 2.45) is 0 Å². The summed E-state index contributed by atoms with van der Waals surface area (Å²) in [6, 6.07) is 14.1. The summed E-state index contributed by atoms with van der Waals surface area (Å²) in [5.41, 5.74) is 1.75. The second kappa shape index (κ2) is 7.64. The number of rotatable bonds is 5. The van der Waals surface area contributed by atoms with Crippen LogP contribution in [0.1, 0.15) is 0 Å². The van der Waals surface area contributed by atoms with Gasteiger partial charge >= 0.3 is 0 Å². The minimum atomic E-state index is -3.36. The normalized spacial score (nSPS) is 11.4. The summed E-state index contributed by atoms with van der Waals surface area (Å²) in [6.07, 6.45) is 1.12. The Labute approximate surface area is 170 Å². The fourth-order valence-corrected chi connectivity index (χ4v) is 3.46. The molecule has 4 rings (SSSR count). The van der Waals surface area contributed by atoms with E-state index in [4.69, 9.17) is 4.74 Å². The summed E-state index contributed by atoms with van der Waals surface area (Å²) in [7, 11) is -3.36. The monoisotopic (exact) mass is 428 g/mol. The molecule has 7 nitrogen and oxygen atoms in total. The van der Waals surface area contributed by atoms with Gasteiger partial charge in [-0.1, -0.05) is 12.1 Å². The van der Waals surface area contributed by atoms with Gasteiger partial charge in [0.2, 0.25) is 5.82 Å². The van der Waals surface area contributed by atoms with E-state index in [9.17, 15) is 17.2 Å². The highest BCUT2D eigenvalue weighted by Gasteiger charge is 2.15. The maximum Gasteiger partial charge on any atom is 0.204 e. The Morgan fingerprint density at radius 2 is 1.60 bits per heavy atom. The van der Waals surface area contributed by atoms with E-state index in [-0.39, 0.29) is 16.4 Å². The van der Waals surface area contributed by atoms with Gasteiger partial charge in [-0.3, -0.25) is 0 Å². The van der Waals surface area contributed by atoms with Crippen LogP contribution in [0.4, 0.5) is 8.78 Å². The zero-order valence-electron chi connectivity index (χ0n) is 15.5. The van der Waals surface area contributed by atoms with Gasteiger partial charge in [-0.15, -0.1) is 10.2 Å². The first-order chi connectivity index (χ1) is 14.3. The summed E-state index contributed by atoms with van der Waals surface area (Å²) in [4.78, 5) is 0.160. The van der Waals surface area contributed by atoms with E-state index in [1.165, 1.54) is 18.2 Å². The smallest absolute Gasteiger partial charge is 0.204 e. The van der Waals surface area contributed by atoms with Crippen molar-refractivity contribution in [1.82, 2.24) is 20.6 Å². The van der Waals surface area contributed by atoms with E-state index in [1.54, 1.807) is 30.3 Å². The molecule has 0 aliphatic rings. The third kappa shape index (κ3) is 4.03. The average molecular weight is 428 g/mol. The zero-order chi connectivity index (χ0) is 21.3. The molecule has 0 aliphatic heterocycles. The summed E-state index contributed by atoms with van der Waals surface area (Å²) in [6.45, 7) is 0. The van der Waals surface area contributed by atoms with Crippen molar-refractivity contribution in [3.63, 3.8) is 0 Å². The number of hydrogen-bond acceptors (Lipinski definition) is 6. The minimum Gasteiger partial charge on any atom is -0.454 e. The van der Waals surface area contributed by atoms with Crippen LogP contribution < -0.4 is 4.74 Å². The second-order valence-electron chi connectivity index (χ2n) is 6.42. The number of hydrogen-bond donors (Lipinski definition) is 1. The van der Waals surface area contributed by atoms with Crippen LogP contribution in [-0.4, -0.2) is 35.3 Å². The third-order valence-electron chi connectivity index (χ3n) is 4.29. The third-order valence-corrected chi connectivity index (χ3v) is 5.42. The molecule has 10 heteroatoms. The molecule has 0 unspecified atom stereocenters. The summed E-state index contributed by atoms with van der Waals surface area (Å²) in [5, 5.41) is 13.8. The largest absolute Gasteiger partial charge is 0.454 e. The minimum absolute atomic E-state index is 0.155. The summed E-state index contributed by atoms with van der Waals surface area (Å²) in [5.74, 6) is -1.11. The Hall–Kier alpha value is -3.66. The predicted molar refractivity (Wildman–Crippen MR) is 105 cm³/mol. The molecule has 0 spiro atoms. The standard InChI is InChI=1S/C20H14F2N4O3S/c1-30(27,28)15-6-2-12(3-7-15)16-10-13(20-23-25-26-24-20)4-8-18(16)29-19-9-5-14(21)11-17(19)22/h2-11H,1H3,(H,23,24,25,26). The van der Waals surface area contributed by atoms with Crippen molar-refractivity contribution in [2.45, 2.75) is 4.90 Å². The van der Waals surface area contributed by atoms with Gasteiger partial charge in [0.25, 0.3) is 0 Å². The number of nitrogens with one attached hydrogen (secondary N) is 1. The zero-order valence-corrected chi connectivity index (χ0v) is 16.3. The summed E-state index contributed by atoms with van der Waals surface area (Å²) >= 11 is 0. The maximum absolute atomic E-state index is 14.1. The van der Waals surface area contributed by atoms with Gasteiger partial charge in [-0.25, -0.2) is 17.2 Å². The topological polar surface area (TPSA) is 97.8 Å². The molecule has 0 radical (unpaired) electrons. The Balaban J connectivity index is 1.81. The highest BCUT2D eigenvalue weighted by atomic mass is 32.2. The van der Waals surface area contributed by atoms with Crippen molar-refractivity contribution in [2.75, 3.05) is 6.26 Å². The van der Waals surface area contributed by atoms with E-state index in [0.717, 1.165) is 18.4 Å². The number of aromatic nitrogens is 4. The predicted octanol–water partition coefficient (Wildman–Crippen LogP) is 4.01. The number of ether oxygens (including phenoxy) is 1. The number of benzene rings is 3. The number of sulfone groups is 1. The molecule has 0 aliphatic carbocycles. The van der Waals surface area contributed by atoms with Gasteiger partial charge in [-0.2, -0.15) is 5.21 Å². The first kappa shape index (κ1) is 19.6. The molecule has 4 aromatic rings. The molecule has 30 heavy (non-hydrogen) atoms.